The average Bonchev–Trinajstić information content (AvgIpc) is 3.03. The Morgan fingerprint density at radius 1 is 1.38 bits per heavy atom. The van der Waals surface area contributed by atoms with Gasteiger partial charge in [0, 0.05) is 12.7 Å². The van der Waals surface area contributed by atoms with Crippen LogP contribution < -0.4 is 0 Å². The van der Waals surface area contributed by atoms with Crippen LogP contribution in [0.5, 0.6) is 0 Å². The van der Waals surface area contributed by atoms with Crippen molar-refractivity contribution in [2.45, 2.75) is 37.3 Å². The van der Waals surface area contributed by atoms with Crippen molar-refractivity contribution in [2.75, 3.05) is 6.54 Å². The van der Waals surface area contributed by atoms with Gasteiger partial charge in [-0.2, -0.15) is 4.31 Å². The molecule has 0 fully saturated rings. The third-order valence-corrected chi connectivity index (χ3v) is 5.75. The maximum Gasteiger partial charge on any atom is 0.277 e. The predicted octanol–water partition coefficient (Wildman–Crippen LogP) is 2.76. The number of nitrogens with zero attached hydrogens (tertiary/aromatic N) is 2. The van der Waals surface area contributed by atoms with Crippen LogP contribution in [0.1, 0.15) is 37.1 Å². The third kappa shape index (κ3) is 2.49. The minimum atomic E-state index is -3.62. The minimum Gasteiger partial charge on any atom is -0.452 e. The molecule has 1 aliphatic carbocycles. The highest BCUT2D eigenvalue weighted by molar-refractivity contribution is 7.89. The molecule has 0 saturated heterocycles. The molecule has 1 atom stereocenters. The largest absolute Gasteiger partial charge is 0.452 e. The monoisotopic (exact) mass is 306 g/mol. The summed E-state index contributed by atoms with van der Waals surface area (Å²) in [4.78, 5) is 4.43. The van der Waals surface area contributed by atoms with Crippen LogP contribution in [0.2, 0.25) is 0 Å². The van der Waals surface area contributed by atoms with Crippen molar-refractivity contribution in [3.8, 4) is 0 Å². The van der Waals surface area contributed by atoms with E-state index in [9.17, 15) is 8.42 Å². The van der Waals surface area contributed by atoms with Gasteiger partial charge in [-0.05, 0) is 43.0 Å². The van der Waals surface area contributed by atoms with Crippen molar-refractivity contribution in [3.63, 3.8) is 0 Å². The quantitative estimate of drug-likeness (QED) is 0.871. The Morgan fingerprint density at radius 3 is 2.95 bits per heavy atom. The van der Waals surface area contributed by atoms with Gasteiger partial charge >= 0.3 is 0 Å². The van der Waals surface area contributed by atoms with Gasteiger partial charge in [0.15, 0.2) is 0 Å². The summed E-state index contributed by atoms with van der Waals surface area (Å²) in [6.45, 7) is 2.24. The molecule has 2 aromatic rings. The van der Waals surface area contributed by atoms with Gasteiger partial charge in [-0.25, -0.2) is 8.42 Å². The molecule has 112 valence electrons. The van der Waals surface area contributed by atoms with Crippen LogP contribution in [0.4, 0.5) is 0 Å². The van der Waals surface area contributed by atoms with E-state index in [0.29, 0.717) is 6.54 Å². The molecule has 0 aromatic carbocycles. The molecule has 0 spiro atoms. The fourth-order valence-corrected chi connectivity index (χ4v) is 4.49. The third-order valence-electron chi connectivity index (χ3n) is 3.88. The number of fused-ring (bicyclic) bond motifs is 1. The minimum absolute atomic E-state index is 0.00703. The number of sulfonamides is 1. The lowest BCUT2D eigenvalue weighted by atomic mass is 9.92. The molecule has 1 unspecified atom stereocenters. The van der Waals surface area contributed by atoms with E-state index in [2.05, 4.69) is 4.98 Å². The van der Waals surface area contributed by atoms with Gasteiger partial charge in [0.2, 0.25) is 5.09 Å². The second-order valence-electron chi connectivity index (χ2n) is 5.10. The molecule has 0 saturated carbocycles. The first-order chi connectivity index (χ1) is 10.1. The van der Waals surface area contributed by atoms with E-state index in [1.165, 1.54) is 16.6 Å². The standard InChI is InChI=1S/C15H18N2O3S/c1-2-17(21(18,19)14-9-5-11-20-14)13-8-3-6-12-7-4-10-16-15(12)13/h4-5,7,9-11,13H,2-3,6,8H2,1H3. The van der Waals surface area contributed by atoms with E-state index < -0.39 is 10.0 Å². The number of hydrogen-bond donors (Lipinski definition) is 0. The zero-order valence-electron chi connectivity index (χ0n) is 11.9. The first kappa shape index (κ1) is 14.3. The van der Waals surface area contributed by atoms with Crippen molar-refractivity contribution in [3.05, 3.63) is 48.0 Å². The van der Waals surface area contributed by atoms with Crippen molar-refractivity contribution in [1.29, 1.82) is 0 Å². The van der Waals surface area contributed by atoms with E-state index >= 15 is 0 Å². The van der Waals surface area contributed by atoms with Gasteiger partial charge in [0.05, 0.1) is 18.0 Å². The molecule has 0 radical (unpaired) electrons. The van der Waals surface area contributed by atoms with Crippen LogP contribution in [0, 0.1) is 0 Å². The highest BCUT2D eigenvalue weighted by atomic mass is 32.2. The van der Waals surface area contributed by atoms with Crippen LogP contribution in [-0.2, 0) is 16.4 Å². The van der Waals surface area contributed by atoms with Crippen molar-refractivity contribution in [1.82, 2.24) is 9.29 Å². The van der Waals surface area contributed by atoms with Crippen LogP contribution in [0.15, 0.2) is 46.2 Å². The molecular weight excluding hydrogens is 288 g/mol. The van der Waals surface area contributed by atoms with Gasteiger partial charge in [-0.3, -0.25) is 4.98 Å². The second-order valence-corrected chi connectivity index (χ2v) is 6.92. The second kappa shape index (κ2) is 5.61. The number of hydrogen-bond acceptors (Lipinski definition) is 4. The predicted molar refractivity (Wildman–Crippen MR) is 78.2 cm³/mol. The maximum atomic E-state index is 12.7. The highest BCUT2D eigenvalue weighted by Crippen LogP contribution is 2.35. The summed E-state index contributed by atoms with van der Waals surface area (Å²) >= 11 is 0. The maximum absolute atomic E-state index is 12.7. The molecule has 0 bridgehead atoms. The summed E-state index contributed by atoms with van der Waals surface area (Å²) in [6.07, 6.45) is 5.82. The summed E-state index contributed by atoms with van der Waals surface area (Å²) in [7, 11) is -3.62. The molecule has 21 heavy (non-hydrogen) atoms. The average molecular weight is 306 g/mol. The van der Waals surface area contributed by atoms with E-state index in [4.69, 9.17) is 4.42 Å². The van der Waals surface area contributed by atoms with Crippen LogP contribution in [0.25, 0.3) is 0 Å². The molecule has 6 heteroatoms. The van der Waals surface area contributed by atoms with Crippen molar-refractivity contribution < 1.29 is 12.8 Å². The SMILES string of the molecule is CCN(C1CCCc2cccnc21)S(=O)(=O)c1ccco1. The number of furan rings is 1. The topological polar surface area (TPSA) is 63.4 Å². The number of rotatable bonds is 4. The fourth-order valence-electron chi connectivity index (χ4n) is 2.95. The summed E-state index contributed by atoms with van der Waals surface area (Å²) in [5.41, 5.74) is 2.02. The molecule has 2 aromatic heterocycles. The number of aromatic nitrogens is 1. The van der Waals surface area contributed by atoms with E-state index in [-0.39, 0.29) is 11.1 Å². The smallest absolute Gasteiger partial charge is 0.277 e. The Hall–Kier alpha value is -1.66. The van der Waals surface area contributed by atoms with E-state index in [1.54, 1.807) is 12.3 Å². The number of pyridine rings is 1. The van der Waals surface area contributed by atoms with Crippen molar-refractivity contribution in [2.24, 2.45) is 0 Å². The lowest BCUT2D eigenvalue weighted by molar-refractivity contribution is 0.289. The van der Waals surface area contributed by atoms with E-state index in [1.807, 2.05) is 19.1 Å². The van der Waals surface area contributed by atoms with Gasteiger partial charge in [-0.1, -0.05) is 13.0 Å². The van der Waals surface area contributed by atoms with Crippen LogP contribution in [-0.4, -0.2) is 24.3 Å². The molecule has 0 amide bonds. The Morgan fingerprint density at radius 2 is 2.24 bits per heavy atom. The first-order valence-electron chi connectivity index (χ1n) is 7.13. The molecule has 3 rings (SSSR count). The first-order valence-corrected chi connectivity index (χ1v) is 8.57. The highest BCUT2D eigenvalue weighted by Gasteiger charge is 2.36. The van der Waals surface area contributed by atoms with E-state index in [0.717, 1.165) is 30.5 Å². The molecule has 1 aliphatic rings. The Kier molecular flexibility index (Phi) is 3.82. The molecule has 2 heterocycles. The zero-order valence-corrected chi connectivity index (χ0v) is 12.7. The molecular formula is C15H18N2O3S. The number of aryl methyl sites for hydroxylation is 1. The summed E-state index contributed by atoms with van der Waals surface area (Å²) < 4.78 is 32.1. The zero-order chi connectivity index (χ0) is 14.9. The summed E-state index contributed by atoms with van der Waals surface area (Å²) in [5.74, 6) is 0. The molecule has 5 nitrogen and oxygen atoms in total. The summed E-state index contributed by atoms with van der Waals surface area (Å²) in [5, 5.41) is -0.00703. The van der Waals surface area contributed by atoms with Gasteiger partial charge in [-0.15, -0.1) is 0 Å². The Labute approximate surface area is 124 Å². The van der Waals surface area contributed by atoms with Crippen LogP contribution in [0.3, 0.4) is 0 Å². The van der Waals surface area contributed by atoms with Crippen LogP contribution >= 0.6 is 0 Å². The van der Waals surface area contributed by atoms with Crippen molar-refractivity contribution >= 4 is 10.0 Å². The van der Waals surface area contributed by atoms with Gasteiger partial charge in [0.1, 0.15) is 0 Å². The Bertz CT molecular complexity index is 710. The summed E-state index contributed by atoms with van der Waals surface area (Å²) in [6, 6.07) is 6.80. The molecule has 0 N–H and O–H groups in total. The normalized spacial score (nSPS) is 18.7. The Balaban J connectivity index is 2.02. The van der Waals surface area contributed by atoms with Gasteiger partial charge < -0.3 is 4.42 Å². The molecule has 0 aliphatic heterocycles. The lowest BCUT2D eigenvalue weighted by Gasteiger charge is -2.32. The van der Waals surface area contributed by atoms with Gasteiger partial charge in [0.25, 0.3) is 10.0 Å². The lowest BCUT2D eigenvalue weighted by Crippen LogP contribution is -2.36. The fraction of sp³-hybridized carbons (Fsp3) is 0.400.